The molecule has 1 fully saturated rings. The highest BCUT2D eigenvalue weighted by Crippen LogP contribution is 2.30. The minimum Gasteiger partial charge on any atom is -0.310 e. The third-order valence-electron chi connectivity index (χ3n) is 3.98. The van der Waals surface area contributed by atoms with Crippen LogP contribution in [0.2, 0.25) is 0 Å². The maximum atomic E-state index is 12.9. The van der Waals surface area contributed by atoms with Crippen molar-refractivity contribution in [3.8, 4) is 0 Å². The normalized spacial score (nSPS) is 14.4. The summed E-state index contributed by atoms with van der Waals surface area (Å²) in [6.45, 7) is 0. The smallest absolute Gasteiger partial charge is 0.228 e. The average Bonchev–Trinajstić information content (AvgIpc) is 3.36. The van der Waals surface area contributed by atoms with Crippen molar-refractivity contribution < 1.29 is 9.18 Å². The van der Waals surface area contributed by atoms with Crippen LogP contribution >= 0.6 is 0 Å². The molecule has 4 rings (SSSR count). The monoisotopic (exact) mass is 322 g/mol. The molecule has 0 radical (unpaired) electrons. The Bertz CT molecular complexity index is 926. The highest BCUT2D eigenvalue weighted by atomic mass is 19.1. The van der Waals surface area contributed by atoms with Gasteiger partial charge < -0.3 is 5.32 Å². The van der Waals surface area contributed by atoms with Gasteiger partial charge in [-0.3, -0.25) is 9.89 Å². The van der Waals surface area contributed by atoms with Gasteiger partial charge in [-0.25, -0.2) is 9.37 Å². The van der Waals surface area contributed by atoms with Gasteiger partial charge >= 0.3 is 0 Å². The van der Waals surface area contributed by atoms with Crippen molar-refractivity contribution in [3.63, 3.8) is 0 Å². The number of benzene rings is 1. The minimum atomic E-state index is -0.264. The number of carbonyl (C=O) groups is 1. The number of nitrogens with zero attached hydrogens (tertiary/aromatic N) is 2. The van der Waals surface area contributed by atoms with Crippen LogP contribution in [0.1, 0.15) is 24.1 Å². The number of hydrogen-bond acceptors (Lipinski definition) is 3. The molecule has 1 aliphatic carbocycles. The van der Waals surface area contributed by atoms with E-state index in [0.717, 1.165) is 35.0 Å². The summed E-state index contributed by atoms with van der Waals surface area (Å²) in [6, 6.07) is 8.03. The minimum absolute atomic E-state index is 0.0220. The summed E-state index contributed by atoms with van der Waals surface area (Å²) in [5.74, 6) is 0.412. The second-order valence-electron chi connectivity index (χ2n) is 5.87. The molecule has 2 N–H and O–H groups in total. The van der Waals surface area contributed by atoms with E-state index in [2.05, 4.69) is 20.5 Å². The number of H-pyrrole nitrogens is 1. The third kappa shape index (κ3) is 3.03. The summed E-state index contributed by atoms with van der Waals surface area (Å²) >= 11 is 0. The van der Waals surface area contributed by atoms with Crippen molar-refractivity contribution in [2.75, 3.05) is 5.32 Å². The summed E-state index contributed by atoms with van der Waals surface area (Å²) in [7, 11) is 0. The molecule has 0 aliphatic heterocycles. The van der Waals surface area contributed by atoms with Crippen molar-refractivity contribution >= 4 is 34.8 Å². The van der Waals surface area contributed by atoms with Gasteiger partial charge in [0.25, 0.3) is 0 Å². The van der Waals surface area contributed by atoms with Gasteiger partial charge in [0.2, 0.25) is 5.91 Å². The van der Waals surface area contributed by atoms with Crippen LogP contribution < -0.4 is 5.32 Å². The van der Waals surface area contributed by atoms with Crippen LogP contribution in [0, 0.1) is 11.7 Å². The lowest BCUT2D eigenvalue weighted by molar-refractivity contribution is -0.117. The number of anilines is 1. The predicted molar refractivity (Wildman–Crippen MR) is 90.6 cm³/mol. The third-order valence-corrected chi connectivity index (χ3v) is 3.98. The molecule has 0 spiro atoms. The van der Waals surface area contributed by atoms with Gasteiger partial charge in [0, 0.05) is 11.3 Å². The molecular weight excluding hydrogens is 307 g/mol. The molecule has 1 amide bonds. The maximum Gasteiger partial charge on any atom is 0.228 e. The SMILES string of the molecule is O=C(Nc1cc2c(/C=C/c3ccc(F)cc3)n[nH]c2cn1)C1CC1. The number of nitrogens with one attached hydrogen (secondary N) is 2. The van der Waals surface area contributed by atoms with Crippen LogP contribution in [0.25, 0.3) is 23.1 Å². The van der Waals surface area contributed by atoms with E-state index in [9.17, 15) is 9.18 Å². The summed E-state index contributed by atoms with van der Waals surface area (Å²) in [4.78, 5) is 16.1. The molecule has 0 bridgehead atoms. The van der Waals surface area contributed by atoms with E-state index >= 15 is 0 Å². The van der Waals surface area contributed by atoms with E-state index in [0.29, 0.717) is 5.82 Å². The molecular formula is C18H15FN4O. The van der Waals surface area contributed by atoms with Crippen molar-refractivity contribution in [2.45, 2.75) is 12.8 Å². The maximum absolute atomic E-state index is 12.9. The zero-order valence-electron chi connectivity index (χ0n) is 12.8. The first-order valence-corrected chi connectivity index (χ1v) is 7.78. The van der Waals surface area contributed by atoms with Crippen LogP contribution in [-0.4, -0.2) is 21.1 Å². The van der Waals surface area contributed by atoms with Crippen LogP contribution in [0.4, 0.5) is 10.2 Å². The van der Waals surface area contributed by atoms with Gasteiger partial charge in [-0.05, 0) is 42.7 Å². The molecule has 120 valence electrons. The Morgan fingerprint density at radius 2 is 2.04 bits per heavy atom. The Balaban J connectivity index is 1.60. The number of hydrogen-bond donors (Lipinski definition) is 2. The Hall–Kier alpha value is -3.02. The van der Waals surface area contributed by atoms with Crippen LogP contribution in [0.3, 0.4) is 0 Å². The topological polar surface area (TPSA) is 70.7 Å². The highest BCUT2D eigenvalue weighted by Gasteiger charge is 2.29. The predicted octanol–water partition coefficient (Wildman–Crippen LogP) is 3.62. The first-order valence-electron chi connectivity index (χ1n) is 7.78. The molecule has 0 unspecified atom stereocenters. The first-order chi connectivity index (χ1) is 11.7. The number of carbonyl (C=O) groups excluding carboxylic acids is 1. The fourth-order valence-electron chi connectivity index (χ4n) is 2.46. The molecule has 24 heavy (non-hydrogen) atoms. The molecule has 3 aromatic rings. The molecule has 5 nitrogen and oxygen atoms in total. The zero-order chi connectivity index (χ0) is 16.5. The quantitative estimate of drug-likeness (QED) is 0.771. The number of halogens is 1. The number of aromatic amines is 1. The van der Waals surface area contributed by atoms with Gasteiger partial charge in [-0.15, -0.1) is 0 Å². The van der Waals surface area contributed by atoms with E-state index in [-0.39, 0.29) is 17.6 Å². The average molecular weight is 322 g/mol. The second-order valence-corrected chi connectivity index (χ2v) is 5.87. The molecule has 6 heteroatoms. The largest absolute Gasteiger partial charge is 0.310 e. The van der Waals surface area contributed by atoms with Crippen LogP contribution in [0.5, 0.6) is 0 Å². The number of pyridine rings is 1. The van der Waals surface area contributed by atoms with Gasteiger partial charge in [0.15, 0.2) is 0 Å². The van der Waals surface area contributed by atoms with Gasteiger partial charge in [-0.2, -0.15) is 5.10 Å². The van der Waals surface area contributed by atoms with Crippen molar-refractivity contribution in [3.05, 3.63) is 53.6 Å². The number of fused-ring (bicyclic) bond motifs is 1. The Labute approximate surface area is 137 Å². The highest BCUT2D eigenvalue weighted by molar-refractivity contribution is 5.96. The van der Waals surface area contributed by atoms with Crippen molar-refractivity contribution in [1.29, 1.82) is 0 Å². The number of aromatic nitrogens is 3. The lowest BCUT2D eigenvalue weighted by atomic mass is 10.1. The van der Waals surface area contributed by atoms with E-state index in [1.807, 2.05) is 18.2 Å². The Kier molecular flexibility index (Phi) is 3.57. The Morgan fingerprint density at radius 1 is 1.25 bits per heavy atom. The molecule has 2 aromatic heterocycles. The van der Waals surface area contributed by atoms with Gasteiger partial charge in [0.05, 0.1) is 17.4 Å². The lowest BCUT2D eigenvalue weighted by Crippen LogP contribution is -2.14. The molecule has 1 aliphatic rings. The zero-order valence-corrected chi connectivity index (χ0v) is 12.8. The summed E-state index contributed by atoms with van der Waals surface area (Å²) < 4.78 is 12.9. The summed E-state index contributed by atoms with van der Waals surface area (Å²) in [5.41, 5.74) is 2.40. The fraction of sp³-hybridized carbons (Fsp3) is 0.167. The summed E-state index contributed by atoms with van der Waals surface area (Å²) in [5, 5.41) is 10.9. The van der Waals surface area contributed by atoms with E-state index in [1.165, 1.54) is 12.1 Å². The van der Waals surface area contributed by atoms with Gasteiger partial charge in [-0.1, -0.05) is 18.2 Å². The molecule has 2 heterocycles. The first kappa shape index (κ1) is 14.6. The standard InChI is InChI=1S/C18H15FN4O/c19-13-6-1-11(2-7-13)3-8-15-14-9-17(20-10-16(14)23-22-15)21-18(24)12-4-5-12/h1-3,6-10,12H,4-5H2,(H,22,23)(H,20,21,24)/b8-3+. The fourth-order valence-corrected chi connectivity index (χ4v) is 2.46. The molecule has 1 aromatic carbocycles. The number of rotatable bonds is 4. The molecule has 1 saturated carbocycles. The van der Waals surface area contributed by atoms with E-state index in [1.54, 1.807) is 18.3 Å². The number of amides is 1. The van der Waals surface area contributed by atoms with E-state index in [4.69, 9.17) is 0 Å². The van der Waals surface area contributed by atoms with Gasteiger partial charge in [0.1, 0.15) is 11.6 Å². The molecule has 0 saturated heterocycles. The summed E-state index contributed by atoms with van der Waals surface area (Å²) in [6.07, 6.45) is 7.26. The van der Waals surface area contributed by atoms with E-state index < -0.39 is 0 Å². The van der Waals surface area contributed by atoms with Crippen molar-refractivity contribution in [2.24, 2.45) is 5.92 Å². The van der Waals surface area contributed by atoms with Crippen molar-refractivity contribution in [1.82, 2.24) is 15.2 Å². The lowest BCUT2D eigenvalue weighted by Gasteiger charge is -2.02. The molecule has 0 atom stereocenters. The van der Waals surface area contributed by atoms with Crippen LogP contribution in [-0.2, 0) is 4.79 Å². The Morgan fingerprint density at radius 3 is 2.79 bits per heavy atom. The second kappa shape index (κ2) is 5.88. The van der Waals surface area contributed by atoms with Crippen LogP contribution in [0.15, 0.2) is 36.5 Å².